The van der Waals surface area contributed by atoms with Crippen molar-refractivity contribution in [2.75, 3.05) is 13.6 Å². The average Bonchev–Trinajstić information content (AvgIpc) is 3.50. The molecule has 1 aliphatic carbocycles. The van der Waals surface area contributed by atoms with Gasteiger partial charge >= 0.3 is 0 Å². The molecule has 38 heavy (non-hydrogen) atoms. The summed E-state index contributed by atoms with van der Waals surface area (Å²) < 4.78 is 0. The number of likely N-dealkylation sites (N-methyl/N-ethyl adjacent to an activating group) is 1. The van der Waals surface area contributed by atoms with Gasteiger partial charge in [0.1, 0.15) is 6.04 Å². The lowest BCUT2D eigenvalue weighted by Crippen LogP contribution is -2.60. The monoisotopic (exact) mass is 518 g/mol. The van der Waals surface area contributed by atoms with E-state index in [9.17, 15) is 14.4 Å². The third-order valence-corrected chi connectivity index (χ3v) is 8.21. The highest BCUT2D eigenvalue weighted by atomic mass is 16.2. The summed E-state index contributed by atoms with van der Waals surface area (Å²) in [6.45, 7) is 8.36. The molecule has 0 bridgehead atoms. The van der Waals surface area contributed by atoms with Crippen LogP contribution in [0.3, 0.4) is 0 Å². The summed E-state index contributed by atoms with van der Waals surface area (Å²) in [5, 5.41) is 9.30. The second kappa shape index (κ2) is 11.7. The number of likely N-dealkylation sites (tertiary alicyclic amines) is 1. The van der Waals surface area contributed by atoms with Crippen LogP contribution in [0, 0.1) is 11.3 Å². The lowest BCUT2D eigenvalue weighted by molar-refractivity contribution is -0.141. The van der Waals surface area contributed by atoms with Gasteiger partial charge in [-0.25, -0.2) is 0 Å². The van der Waals surface area contributed by atoms with Crippen molar-refractivity contribution >= 4 is 17.7 Å². The molecule has 3 N–H and O–H groups in total. The Morgan fingerprint density at radius 2 is 1.45 bits per heavy atom. The fraction of sp³-hybridized carbons (Fsp3) is 0.516. The van der Waals surface area contributed by atoms with Crippen molar-refractivity contribution in [3.05, 3.63) is 71.8 Å². The van der Waals surface area contributed by atoms with Crippen LogP contribution in [0.25, 0.3) is 0 Å². The Kier molecular flexibility index (Phi) is 8.56. The van der Waals surface area contributed by atoms with E-state index in [1.54, 1.807) is 14.0 Å². The molecule has 1 heterocycles. The second-order valence-electron chi connectivity index (χ2n) is 11.8. The molecule has 5 atom stereocenters. The summed E-state index contributed by atoms with van der Waals surface area (Å²) in [5.74, 6) is -0.377. The van der Waals surface area contributed by atoms with Gasteiger partial charge in [0.05, 0.1) is 18.0 Å². The van der Waals surface area contributed by atoms with Gasteiger partial charge in [0.2, 0.25) is 17.7 Å². The van der Waals surface area contributed by atoms with Crippen LogP contribution < -0.4 is 16.0 Å². The summed E-state index contributed by atoms with van der Waals surface area (Å²) in [4.78, 5) is 42.5. The lowest BCUT2D eigenvalue weighted by Gasteiger charge is -2.38. The molecule has 4 unspecified atom stereocenters. The minimum absolute atomic E-state index is 0.0455. The zero-order chi connectivity index (χ0) is 27.4. The average molecular weight is 519 g/mol. The Hall–Kier alpha value is -3.19. The van der Waals surface area contributed by atoms with Gasteiger partial charge in [0.25, 0.3) is 0 Å². The number of hydrogen-bond acceptors (Lipinski definition) is 4. The molecule has 0 spiro atoms. The minimum Gasteiger partial charge on any atom is -0.350 e. The molecule has 4 rings (SSSR count). The predicted octanol–water partition coefficient (Wildman–Crippen LogP) is 3.45. The highest BCUT2D eigenvalue weighted by molar-refractivity contribution is 5.91. The van der Waals surface area contributed by atoms with Gasteiger partial charge in [0.15, 0.2) is 0 Å². The quantitative estimate of drug-likeness (QED) is 0.499. The number of fused-ring (bicyclic) bond motifs is 1. The Labute approximate surface area is 226 Å². The molecule has 1 saturated carbocycles. The number of amides is 3. The van der Waals surface area contributed by atoms with Crippen LogP contribution in [0.15, 0.2) is 60.7 Å². The van der Waals surface area contributed by atoms with E-state index in [1.165, 1.54) is 0 Å². The SMILES string of the molecule is CN[C@@H](C)C(=O)NC(C(=O)N1CCC2CCC(NC(=O)C(c3ccccc3)c3ccccc3)C21)C(C)(C)C. The van der Waals surface area contributed by atoms with E-state index in [4.69, 9.17) is 0 Å². The summed E-state index contributed by atoms with van der Waals surface area (Å²) in [6.07, 6.45) is 2.73. The van der Waals surface area contributed by atoms with Crippen LogP contribution in [0.5, 0.6) is 0 Å². The number of nitrogens with one attached hydrogen (secondary N) is 3. The van der Waals surface area contributed by atoms with Crippen molar-refractivity contribution < 1.29 is 14.4 Å². The third-order valence-electron chi connectivity index (χ3n) is 8.21. The molecule has 7 nitrogen and oxygen atoms in total. The number of carbonyl (C=O) groups is 3. The van der Waals surface area contributed by atoms with Gasteiger partial charge in [-0.2, -0.15) is 0 Å². The summed E-state index contributed by atoms with van der Waals surface area (Å²) in [6, 6.07) is 18.4. The molecule has 2 aliphatic rings. The first-order chi connectivity index (χ1) is 18.1. The maximum absolute atomic E-state index is 14.0. The van der Waals surface area contributed by atoms with Crippen LogP contribution in [0.2, 0.25) is 0 Å². The van der Waals surface area contributed by atoms with Crippen molar-refractivity contribution in [3.63, 3.8) is 0 Å². The predicted molar refractivity (Wildman–Crippen MR) is 149 cm³/mol. The van der Waals surface area contributed by atoms with Gasteiger partial charge < -0.3 is 20.9 Å². The fourth-order valence-corrected chi connectivity index (χ4v) is 5.98. The maximum atomic E-state index is 14.0. The maximum Gasteiger partial charge on any atom is 0.246 e. The number of hydrogen-bond donors (Lipinski definition) is 3. The molecule has 2 aromatic rings. The second-order valence-corrected chi connectivity index (χ2v) is 11.8. The van der Waals surface area contributed by atoms with E-state index < -0.39 is 23.4 Å². The fourth-order valence-electron chi connectivity index (χ4n) is 5.98. The lowest BCUT2D eigenvalue weighted by atomic mass is 9.85. The van der Waals surface area contributed by atoms with Crippen molar-refractivity contribution in [3.8, 4) is 0 Å². The van der Waals surface area contributed by atoms with Gasteiger partial charge in [-0.1, -0.05) is 81.4 Å². The molecule has 2 fully saturated rings. The summed E-state index contributed by atoms with van der Waals surface area (Å²) >= 11 is 0. The molecule has 0 aromatic heterocycles. The van der Waals surface area contributed by atoms with Gasteiger partial charge in [-0.05, 0) is 55.7 Å². The minimum atomic E-state index is -0.650. The first-order valence-electron chi connectivity index (χ1n) is 13.8. The van der Waals surface area contributed by atoms with Gasteiger partial charge in [-0.15, -0.1) is 0 Å². The third kappa shape index (κ3) is 5.93. The van der Waals surface area contributed by atoms with Crippen molar-refractivity contribution in [2.24, 2.45) is 11.3 Å². The molecule has 1 saturated heterocycles. The summed E-state index contributed by atoms with van der Waals surface area (Å²) in [7, 11) is 1.73. The van der Waals surface area contributed by atoms with E-state index in [2.05, 4.69) is 16.0 Å². The highest BCUT2D eigenvalue weighted by Crippen LogP contribution is 2.40. The van der Waals surface area contributed by atoms with E-state index in [0.717, 1.165) is 30.4 Å². The Bertz CT molecular complexity index is 1080. The van der Waals surface area contributed by atoms with E-state index in [0.29, 0.717) is 12.5 Å². The Morgan fingerprint density at radius 1 is 0.868 bits per heavy atom. The molecule has 1 aliphatic heterocycles. The molecule has 7 heteroatoms. The Morgan fingerprint density at radius 3 is 1.97 bits per heavy atom. The van der Waals surface area contributed by atoms with Crippen molar-refractivity contribution in [1.29, 1.82) is 0 Å². The largest absolute Gasteiger partial charge is 0.350 e. The number of nitrogens with zero attached hydrogens (tertiary/aromatic N) is 1. The number of carbonyl (C=O) groups excluding carboxylic acids is 3. The normalized spacial score (nSPS) is 22.6. The molecule has 204 valence electrons. The highest BCUT2D eigenvalue weighted by Gasteiger charge is 2.49. The van der Waals surface area contributed by atoms with Crippen LogP contribution >= 0.6 is 0 Å². The van der Waals surface area contributed by atoms with E-state index in [1.807, 2.05) is 86.3 Å². The zero-order valence-electron chi connectivity index (χ0n) is 23.2. The number of benzene rings is 2. The summed E-state index contributed by atoms with van der Waals surface area (Å²) in [5.41, 5.74) is 1.43. The molecular weight excluding hydrogens is 476 g/mol. The van der Waals surface area contributed by atoms with Crippen molar-refractivity contribution in [1.82, 2.24) is 20.9 Å². The molecular formula is C31H42N4O3. The topological polar surface area (TPSA) is 90.5 Å². The number of rotatable bonds is 8. The van der Waals surface area contributed by atoms with Crippen LogP contribution in [0.4, 0.5) is 0 Å². The smallest absolute Gasteiger partial charge is 0.246 e. The first kappa shape index (κ1) is 27.8. The van der Waals surface area contributed by atoms with Crippen LogP contribution in [0.1, 0.15) is 64.0 Å². The molecule has 2 aromatic carbocycles. The first-order valence-corrected chi connectivity index (χ1v) is 13.8. The molecule has 3 amide bonds. The van der Waals surface area contributed by atoms with E-state index >= 15 is 0 Å². The van der Waals surface area contributed by atoms with Gasteiger partial charge in [-0.3, -0.25) is 14.4 Å². The molecule has 0 radical (unpaired) electrons. The van der Waals surface area contributed by atoms with Crippen LogP contribution in [-0.4, -0.2) is 60.4 Å². The standard InChI is InChI=1S/C31H42N4O3/c1-20(32-5)28(36)34-27(31(2,3)4)30(38)35-19-18-23-16-17-24(26(23)35)33-29(37)25(21-12-8-6-9-13-21)22-14-10-7-11-15-22/h6-15,20,23-27,32H,16-19H2,1-5H3,(H,33,37)(H,34,36)/t20-,23?,24?,26?,27?/m0/s1. The van der Waals surface area contributed by atoms with Gasteiger partial charge in [0, 0.05) is 12.6 Å². The Balaban J connectivity index is 1.55. The van der Waals surface area contributed by atoms with E-state index in [-0.39, 0.29) is 29.8 Å². The zero-order valence-corrected chi connectivity index (χ0v) is 23.2. The van der Waals surface area contributed by atoms with Crippen LogP contribution in [-0.2, 0) is 14.4 Å². The van der Waals surface area contributed by atoms with Crippen molar-refractivity contribution in [2.45, 2.75) is 77.0 Å².